The van der Waals surface area contributed by atoms with Gasteiger partial charge in [-0.05, 0) is 24.3 Å². The van der Waals surface area contributed by atoms with Gasteiger partial charge >= 0.3 is 0 Å². The highest BCUT2D eigenvalue weighted by Crippen LogP contribution is 2.31. The van der Waals surface area contributed by atoms with E-state index in [1.54, 1.807) is 24.3 Å². The van der Waals surface area contributed by atoms with Gasteiger partial charge in [-0.1, -0.05) is 48.5 Å². The Hall–Kier alpha value is -4.64. The Morgan fingerprint density at radius 3 is 0.893 bits per heavy atom. The van der Waals surface area contributed by atoms with Crippen LogP contribution in [0.15, 0.2) is 72.8 Å². The lowest BCUT2D eigenvalue weighted by Crippen LogP contribution is -1.89. The van der Waals surface area contributed by atoms with Crippen molar-refractivity contribution in [2.24, 2.45) is 0 Å². The van der Waals surface area contributed by atoms with Gasteiger partial charge in [0.1, 0.15) is 12.1 Å². The van der Waals surface area contributed by atoms with E-state index in [0.717, 1.165) is 21.5 Å². The second-order valence-electron chi connectivity index (χ2n) is 5.87. The quantitative estimate of drug-likeness (QED) is 0.406. The number of hydrogen-bond donors (Lipinski definition) is 0. The monoisotopic (exact) mass is 356 g/mol. The van der Waals surface area contributed by atoms with Crippen LogP contribution in [0.2, 0.25) is 0 Å². The van der Waals surface area contributed by atoms with Crippen molar-refractivity contribution in [1.29, 1.82) is 21.0 Å². The summed E-state index contributed by atoms with van der Waals surface area (Å²) in [6, 6.07) is 30.1. The number of nitrogens with zero attached hydrogens (tertiary/aromatic N) is 4. The van der Waals surface area contributed by atoms with E-state index in [1.807, 2.05) is 60.7 Å². The molecule has 0 heterocycles. The van der Waals surface area contributed by atoms with Gasteiger partial charge in [0.15, 0.2) is 0 Å². The van der Waals surface area contributed by atoms with Crippen LogP contribution in [0.25, 0.3) is 21.5 Å². The van der Waals surface area contributed by atoms with Gasteiger partial charge < -0.3 is 0 Å². The van der Waals surface area contributed by atoms with Crippen LogP contribution in [0.1, 0.15) is 22.3 Å². The van der Waals surface area contributed by atoms with Gasteiger partial charge in [0.25, 0.3) is 0 Å². The van der Waals surface area contributed by atoms with E-state index in [0.29, 0.717) is 22.3 Å². The molecule has 0 radical (unpaired) electrons. The number of fused-ring (bicyclic) bond motifs is 2. The Morgan fingerprint density at radius 2 is 0.679 bits per heavy atom. The van der Waals surface area contributed by atoms with E-state index < -0.39 is 0 Å². The first-order chi connectivity index (χ1) is 13.7. The average molecular weight is 356 g/mol. The van der Waals surface area contributed by atoms with Gasteiger partial charge in [-0.15, -0.1) is 0 Å². The molecule has 0 atom stereocenters. The molecule has 0 unspecified atom stereocenters. The van der Waals surface area contributed by atoms with Crippen molar-refractivity contribution in [2.45, 2.75) is 0 Å². The lowest BCUT2D eigenvalue weighted by Gasteiger charge is -2.08. The summed E-state index contributed by atoms with van der Waals surface area (Å²) in [5.74, 6) is 0. The molecule has 4 aromatic carbocycles. The van der Waals surface area contributed by atoms with Crippen LogP contribution >= 0.6 is 0 Å². The molecule has 0 saturated carbocycles. The molecule has 0 bridgehead atoms. The van der Waals surface area contributed by atoms with Crippen molar-refractivity contribution in [3.63, 3.8) is 0 Å². The van der Waals surface area contributed by atoms with E-state index in [2.05, 4.69) is 12.1 Å². The van der Waals surface area contributed by atoms with E-state index in [-0.39, 0.29) is 0 Å². The second kappa shape index (κ2) is 8.16. The fourth-order valence-corrected chi connectivity index (χ4v) is 2.99. The highest BCUT2D eigenvalue weighted by molar-refractivity contribution is 6.09. The number of benzene rings is 4. The minimum Gasteiger partial charge on any atom is -0.192 e. The molecule has 0 saturated heterocycles. The van der Waals surface area contributed by atoms with E-state index in [9.17, 15) is 10.5 Å². The highest BCUT2D eigenvalue weighted by Gasteiger charge is 2.12. The van der Waals surface area contributed by atoms with Crippen molar-refractivity contribution < 1.29 is 0 Å². The van der Waals surface area contributed by atoms with E-state index in [4.69, 9.17) is 10.5 Å². The van der Waals surface area contributed by atoms with Gasteiger partial charge in [-0.2, -0.15) is 21.0 Å². The smallest absolute Gasteiger partial charge is 0.100 e. The van der Waals surface area contributed by atoms with E-state index >= 15 is 0 Å². The normalized spacial score (nSPS) is 9.29. The third-order valence-electron chi connectivity index (χ3n) is 4.30. The maximum Gasteiger partial charge on any atom is 0.100 e. The molecular weight excluding hydrogens is 344 g/mol. The third kappa shape index (κ3) is 3.36. The molecule has 28 heavy (non-hydrogen) atoms. The Balaban J connectivity index is 0.000000192. The summed E-state index contributed by atoms with van der Waals surface area (Å²) < 4.78 is 0. The summed E-state index contributed by atoms with van der Waals surface area (Å²) in [6.07, 6.45) is 0. The van der Waals surface area contributed by atoms with Crippen LogP contribution in [0, 0.1) is 45.3 Å². The summed E-state index contributed by atoms with van der Waals surface area (Å²) in [6.45, 7) is 0. The third-order valence-corrected chi connectivity index (χ3v) is 4.30. The molecule has 4 aromatic rings. The summed E-state index contributed by atoms with van der Waals surface area (Å²) in [5, 5.41) is 38.8. The molecule has 128 valence electrons. The predicted octanol–water partition coefficient (Wildman–Crippen LogP) is 5.17. The summed E-state index contributed by atoms with van der Waals surface area (Å²) in [4.78, 5) is 0. The standard InChI is InChI=1S/C16H8N2.C8H4N2/c17-9-15-11-5-1-2-6-12(11)16(10-18)14-8-4-3-7-13(14)15;9-5-7-1-2-8(6-10)4-3-7/h1-8H;1-4H. The zero-order valence-corrected chi connectivity index (χ0v) is 14.7. The second-order valence-corrected chi connectivity index (χ2v) is 5.87. The topological polar surface area (TPSA) is 95.2 Å². The van der Waals surface area contributed by atoms with Crippen LogP contribution in [-0.2, 0) is 0 Å². The summed E-state index contributed by atoms with van der Waals surface area (Å²) in [7, 11) is 0. The molecule has 0 N–H and O–H groups in total. The minimum atomic E-state index is 0.582. The fraction of sp³-hybridized carbons (Fsp3) is 0. The first-order valence-corrected chi connectivity index (χ1v) is 8.37. The van der Waals surface area contributed by atoms with Crippen LogP contribution in [0.5, 0.6) is 0 Å². The SMILES string of the molecule is N#Cc1c2ccccc2c(C#N)c2ccccc12.N#Cc1ccc(C#N)cc1. The molecule has 0 amide bonds. The van der Waals surface area contributed by atoms with Crippen molar-refractivity contribution in [2.75, 3.05) is 0 Å². The largest absolute Gasteiger partial charge is 0.192 e. The highest BCUT2D eigenvalue weighted by atomic mass is 14.3. The first kappa shape index (κ1) is 18.2. The zero-order valence-electron chi connectivity index (χ0n) is 14.7. The number of nitriles is 4. The lowest BCUT2D eigenvalue weighted by molar-refractivity contribution is 1.45. The molecule has 4 heteroatoms. The molecule has 0 aromatic heterocycles. The average Bonchev–Trinajstić information content (AvgIpc) is 2.77. The van der Waals surface area contributed by atoms with Crippen molar-refractivity contribution in [1.82, 2.24) is 0 Å². The predicted molar refractivity (Wildman–Crippen MR) is 107 cm³/mol. The zero-order chi connectivity index (χ0) is 19.9. The summed E-state index contributed by atoms with van der Waals surface area (Å²) in [5.41, 5.74) is 2.44. The molecule has 0 aliphatic heterocycles. The molecule has 0 aliphatic carbocycles. The van der Waals surface area contributed by atoms with Gasteiger partial charge in [0.2, 0.25) is 0 Å². The molecule has 0 spiro atoms. The summed E-state index contributed by atoms with van der Waals surface area (Å²) >= 11 is 0. The van der Waals surface area contributed by atoms with Gasteiger partial charge in [0, 0.05) is 21.5 Å². The Bertz CT molecular complexity index is 1180. The van der Waals surface area contributed by atoms with Crippen molar-refractivity contribution in [3.8, 4) is 24.3 Å². The van der Waals surface area contributed by atoms with Gasteiger partial charge in [0.05, 0.1) is 34.4 Å². The fourth-order valence-electron chi connectivity index (χ4n) is 2.99. The Kier molecular flexibility index (Phi) is 5.29. The maximum atomic E-state index is 9.36. The van der Waals surface area contributed by atoms with Crippen LogP contribution < -0.4 is 0 Å². The molecule has 0 fully saturated rings. The molecular formula is C24H12N4. The minimum absolute atomic E-state index is 0.582. The van der Waals surface area contributed by atoms with Gasteiger partial charge in [-0.25, -0.2) is 0 Å². The first-order valence-electron chi connectivity index (χ1n) is 8.37. The lowest BCUT2D eigenvalue weighted by atomic mass is 9.93. The number of rotatable bonds is 0. The number of hydrogen-bond acceptors (Lipinski definition) is 4. The Morgan fingerprint density at radius 1 is 0.393 bits per heavy atom. The molecule has 4 nitrogen and oxygen atoms in total. The van der Waals surface area contributed by atoms with Crippen LogP contribution in [0.3, 0.4) is 0 Å². The Labute approximate surface area is 162 Å². The molecule has 4 rings (SSSR count). The molecule has 0 aliphatic rings. The van der Waals surface area contributed by atoms with Crippen molar-refractivity contribution >= 4 is 21.5 Å². The van der Waals surface area contributed by atoms with Crippen LogP contribution in [0.4, 0.5) is 0 Å². The van der Waals surface area contributed by atoms with Crippen molar-refractivity contribution in [3.05, 3.63) is 95.1 Å². The van der Waals surface area contributed by atoms with E-state index in [1.165, 1.54) is 0 Å². The maximum absolute atomic E-state index is 9.36. The van der Waals surface area contributed by atoms with Crippen LogP contribution in [-0.4, -0.2) is 0 Å². The van der Waals surface area contributed by atoms with Gasteiger partial charge in [-0.3, -0.25) is 0 Å².